The van der Waals surface area contributed by atoms with Crippen molar-refractivity contribution in [3.8, 4) is 0 Å². The highest BCUT2D eigenvalue weighted by Crippen LogP contribution is 2.43. The van der Waals surface area contributed by atoms with Crippen LogP contribution in [0.3, 0.4) is 0 Å². The Morgan fingerprint density at radius 3 is 1.89 bits per heavy atom. The summed E-state index contributed by atoms with van der Waals surface area (Å²) in [5, 5.41) is 21.8. The van der Waals surface area contributed by atoms with E-state index in [1.54, 1.807) is 11.5 Å². The molecule has 3 N–H and O–H groups in total. The molecule has 0 radical (unpaired) electrons. The maximum absolute atomic E-state index is 14.2. The van der Waals surface area contributed by atoms with E-state index in [-0.39, 0.29) is 23.7 Å². The van der Waals surface area contributed by atoms with Crippen molar-refractivity contribution < 1.29 is 29.1 Å². The second kappa shape index (κ2) is 18.6. The van der Waals surface area contributed by atoms with Gasteiger partial charge in [0.1, 0.15) is 35.5 Å². The minimum absolute atomic E-state index is 0.0561. The zero-order valence-corrected chi connectivity index (χ0v) is 34.6. The second-order valence-corrected chi connectivity index (χ2v) is 16.0. The number of aromatic nitrogens is 1. The molecule has 1 aromatic heterocycles. The summed E-state index contributed by atoms with van der Waals surface area (Å²) < 4.78 is 6.21. The van der Waals surface area contributed by atoms with Gasteiger partial charge in [0.15, 0.2) is 16.9 Å². The van der Waals surface area contributed by atoms with Gasteiger partial charge in [0.2, 0.25) is 0 Å². The molecule has 2 amide bonds. The number of nitrogens with one attached hydrogen (secondary N) is 2. The quantitative estimate of drug-likeness (QED) is 0.0316. The standard InChI is InChI=1S/C48H41N5O6S2/c1-58-52-39(38-31-61-47(49-38)51-48(35-23-11-4-12-24-35,36-25-13-5-14-26-36)37-27-15-6-16-28-37)43(55)50-40-44(56)53-41(34(22-17-29-54)30-60-45(40)53)46(57)59-42(32-18-7-2-8-19-32)33-20-9-3-10-21-33/h2-28,31,40,42,45,54H,29-30H2,1H3,(H,49,51)(H,50,55)/t40?,45-/m0/s1. The number of hydrogen-bond donors (Lipinski definition) is 3. The number of nitrogens with zero attached hydrogens (tertiary/aromatic N) is 3. The number of benzene rings is 5. The van der Waals surface area contributed by atoms with Crippen molar-refractivity contribution in [2.24, 2.45) is 5.16 Å². The van der Waals surface area contributed by atoms with Crippen LogP contribution in [-0.2, 0) is 29.5 Å². The maximum atomic E-state index is 14.2. The number of aliphatic hydroxyl groups excluding tert-OH is 1. The van der Waals surface area contributed by atoms with Crippen LogP contribution in [0, 0.1) is 0 Å². The molecular formula is C48H41N5O6S2. The lowest BCUT2D eigenvalue weighted by Crippen LogP contribution is -2.71. The Labute approximate surface area is 361 Å². The van der Waals surface area contributed by atoms with Crippen LogP contribution in [0.15, 0.2) is 186 Å². The maximum Gasteiger partial charge on any atom is 0.356 e. The third kappa shape index (κ3) is 8.35. The summed E-state index contributed by atoms with van der Waals surface area (Å²) in [6.45, 7) is -0.260. The largest absolute Gasteiger partial charge is 0.448 e. The van der Waals surface area contributed by atoms with Crippen molar-refractivity contribution in [3.63, 3.8) is 0 Å². The van der Waals surface area contributed by atoms with E-state index in [9.17, 15) is 19.5 Å². The number of allylic oxidation sites excluding steroid dienone is 1. The van der Waals surface area contributed by atoms with E-state index >= 15 is 0 Å². The molecule has 2 atom stereocenters. The van der Waals surface area contributed by atoms with Crippen molar-refractivity contribution >= 4 is 51.7 Å². The van der Waals surface area contributed by atoms with Gasteiger partial charge in [-0.3, -0.25) is 14.5 Å². The fraction of sp³-hybridized carbons (Fsp3) is 0.146. The molecule has 0 spiro atoms. The molecule has 1 fully saturated rings. The second-order valence-electron chi connectivity index (χ2n) is 14.1. The first-order chi connectivity index (χ1) is 29.9. The smallest absolute Gasteiger partial charge is 0.356 e. The Morgan fingerprint density at radius 2 is 1.38 bits per heavy atom. The highest BCUT2D eigenvalue weighted by Gasteiger charge is 2.55. The molecule has 3 heterocycles. The van der Waals surface area contributed by atoms with Gasteiger partial charge in [-0.15, -0.1) is 23.1 Å². The molecule has 306 valence electrons. The van der Waals surface area contributed by atoms with Gasteiger partial charge in [-0.2, -0.15) is 0 Å². The predicted octanol–water partition coefficient (Wildman–Crippen LogP) is 7.43. The first kappa shape index (κ1) is 41.0. The van der Waals surface area contributed by atoms with Crippen LogP contribution in [0.5, 0.6) is 0 Å². The van der Waals surface area contributed by atoms with Gasteiger partial charge in [-0.25, -0.2) is 9.78 Å². The lowest BCUT2D eigenvalue weighted by Gasteiger charge is -2.49. The number of esters is 1. The molecule has 5 aromatic carbocycles. The number of carbonyl (C=O) groups is 3. The molecule has 1 saturated heterocycles. The Hall–Kier alpha value is -6.80. The molecule has 13 heteroatoms. The number of β-lactam (4-membered cyclic amide) rings is 1. The normalized spacial score (nSPS) is 16.5. The molecule has 2 aliphatic heterocycles. The van der Waals surface area contributed by atoms with Crippen LogP contribution in [-0.4, -0.2) is 69.4 Å². The fourth-order valence-corrected chi connectivity index (χ4v) is 9.66. The molecule has 0 saturated carbocycles. The summed E-state index contributed by atoms with van der Waals surface area (Å²) >= 11 is 2.68. The van der Waals surface area contributed by atoms with E-state index in [4.69, 9.17) is 14.6 Å². The minimum Gasteiger partial charge on any atom is -0.448 e. The Kier molecular flexibility index (Phi) is 12.5. The number of carbonyl (C=O) groups excluding carboxylic acids is 3. The summed E-state index contributed by atoms with van der Waals surface area (Å²) in [7, 11) is 1.33. The third-order valence-electron chi connectivity index (χ3n) is 10.4. The van der Waals surface area contributed by atoms with Crippen LogP contribution < -0.4 is 10.6 Å². The van der Waals surface area contributed by atoms with Crippen molar-refractivity contribution in [1.29, 1.82) is 0 Å². The average molecular weight is 848 g/mol. The number of hydrogen-bond acceptors (Lipinski definition) is 11. The Morgan fingerprint density at radius 1 is 0.852 bits per heavy atom. The first-order valence-electron chi connectivity index (χ1n) is 19.5. The van der Waals surface area contributed by atoms with E-state index in [1.807, 2.05) is 115 Å². The molecule has 8 rings (SSSR count). The summed E-state index contributed by atoms with van der Waals surface area (Å²) in [5.41, 5.74) is 4.28. The lowest BCUT2D eigenvalue weighted by atomic mass is 9.77. The summed E-state index contributed by atoms with van der Waals surface area (Å²) in [4.78, 5) is 53.7. The summed E-state index contributed by atoms with van der Waals surface area (Å²) in [5.74, 6) is -1.57. The molecular weight excluding hydrogens is 807 g/mol. The molecule has 0 bridgehead atoms. The van der Waals surface area contributed by atoms with Crippen LogP contribution in [0.1, 0.15) is 39.6 Å². The number of ether oxygens (including phenoxy) is 1. The molecule has 11 nitrogen and oxygen atoms in total. The molecule has 6 aromatic rings. The van der Waals surface area contributed by atoms with Gasteiger partial charge in [-0.1, -0.05) is 169 Å². The highest BCUT2D eigenvalue weighted by molar-refractivity contribution is 8.00. The van der Waals surface area contributed by atoms with Crippen molar-refractivity contribution in [3.05, 3.63) is 214 Å². The average Bonchev–Trinajstić information content (AvgIpc) is 3.79. The van der Waals surface area contributed by atoms with Gasteiger partial charge in [-0.05, 0) is 33.4 Å². The van der Waals surface area contributed by atoms with Crippen molar-refractivity contribution in [2.75, 3.05) is 24.8 Å². The van der Waals surface area contributed by atoms with Crippen molar-refractivity contribution in [1.82, 2.24) is 15.2 Å². The van der Waals surface area contributed by atoms with Gasteiger partial charge < -0.3 is 25.3 Å². The fourth-order valence-electron chi connectivity index (χ4n) is 7.59. The number of anilines is 1. The predicted molar refractivity (Wildman–Crippen MR) is 238 cm³/mol. The zero-order chi connectivity index (χ0) is 42.2. The number of aliphatic hydroxyl groups is 1. The van der Waals surface area contributed by atoms with Crippen LogP contribution >= 0.6 is 23.1 Å². The number of rotatable bonds is 15. The number of thioether (sulfide) groups is 1. The Bertz CT molecular complexity index is 2430. The van der Waals surface area contributed by atoms with Gasteiger partial charge in [0.25, 0.3) is 11.8 Å². The van der Waals surface area contributed by atoms with E-state index in [2.05, 4.69) is 52.2 Å². The van der Waals surface area contributed by atoms with Gasteiger partial charge >= 0.3 is 5.97 Å². The van der Waals surface area contributed by atoms with E-state index < -0.39 is 40.8 Å². The number of oxime groups is 1. The molecule has 2 aliphatic rings. The molecule has 1 unspecified atom stereocenters. The summed E-state index contributed by atoms with van der Waals surface area (Å²) in [6.07, 6.45) is 2.37. The molecule has 61 heavy (non-hydrogen) atoms. The van der Waals surface area contributed by atoms with Crippen LogP contribution in [0.4, 0.5) is 5.13 Å². The van der Waals surface area contributed by atoms with E-state index in [0.29, 0.717) is 16.5 Å². The molecule has 0 aliphatic carbocycles. The highest BCUT2D eigenvalue weighted by atomic mass is 32.2. The summed E-state index contributed by atoms with van der Waals surface area (Å²) in [6, 6.07) is 48.0. The minimum atomic E-state index is -0.997. The Balaban J connectivity index is 1.05. The third-order valence-corrected chi connectivity index (χ3v) is 12.5. The first-order valence-corrected chi connectivity index (χ1v) is 21.4. The number of amides is 2. The number of thiazole rings is 1. The van der Waals surface area contributed by atoms with Crippen LogP contribution in [0.25, 0.3) is 0 Å². The van der Waals surface area contributed by atoms with E-state index in [1.165, 1.54) is 41.2 Å². The van der Waals surface area contributed by atoms with E-state index in [0.717, 1.165) is 27.8 Å². The monoisotopic (exact) mass is 847 g/mol. The zero-order valence-electron chi connectivity index (χ0n) is 33.0. The SMILES string of the molecule is CON=C(C(=O)NC1C(=O)N2C(C(=O)OC(c3ccccc3)c3ccccc3)=C(C=CCO)CS[C@@H]12)c1csc(NC(c2ccccc2)(c2ccccc2)c2ccccc2)n1. The lowest BCUT2D eigenvalue weighted by molar-refractivity contribution is -0.154. The van der Waals surface area contributed by atoms with Gasteiger partial charge in [0.05, 0.1) is 6.61 Å². The van der Waals surface area contributed by atoms with Crippen molar-refractivity contribution in [2.45, 2.75) is 23.1 Å². The van der Waals surface area contributed by atoms with Crippen LogP contribution in [0.2, 0.25) is 0 Å². The van der Waals surface area contributed by atoms with Gasteiger partial charge in [0, 0.05) is 11.1 Å². The topological polar surface area (TPSA) is 142 Å². The number of fused-ring (bicyclic) bond motifs is 1.